The van der Waals surface area contributed by atoms with Crippen LogP contribution in [0.3, 0.4) is 0 Å². The lowest BCUT2D eigenvalue weighted by atomic mass is 10.2. The average molecular weight is 357 g/mol. The highest BCUT2D eigenvalue weighted by Gasteiger charge is 2.17. The second-order valence-electron chi connectivity index (χ2n) is 4.24. The van der Waals surface area contributed by atoms with Crippen molar-refractivity contribution in [1.82, 2.24) is 10.6 Å². The molecule has 0 unspecified atom stereocenters. The van der Waals surface area contributed by atoms with Gasteiger partial charge < -0.3 is 15.4 Å². The first-order valence-electron chi connectivity index (χ1n) is 6.44. The Morgan fingerprint density at radius 2 is 1.95 bits per heavy atom. The monoisotopic (exact) mass is 356 g/mol. The van der Waals surface area contributed by atoms with Crippen LogP contribution < -0.4 is 10.6 Å². The quantitative estimate of drug-likeness (QED) is 0.751. The molecule has 6 nitrogen and oxygen atoms in total. The first kappa shape index (κ1) is 17.2. The minimum atomic E-state index is -0.681. The predicted molar refractivity (Wildman–Crippen MR) is 80.7 cm³/mol. The molecule has 2 N–H and O–H groups in total. The van der Waals surface area contributed by atoms with Gasteiger partial charge in [-0.15, -0.1) is 0 Å². The van der Waals surface area contributed by atoms with E-state index in [1.807, 2.05) is 0 Å². The maximum absolute atomic E-state index is 11.8. The average Bonchev–Trinajstić information content (AvgIpc) is 2.45. The molecule has 0 radical (unpaired) electrons. The van der Waals surface area contributed by atoms with E-state index in [0.717, 1.165) is 0 Å². The van der Waals surface area contributed by atoms with Crippen molar-refractivity contribution in [2.24, 2.45) is 0 Å². The van der Waals surface area contributed by atoms with Gasteiger partial charge in [0.05, 0.1) is 5.56 Å². The smallest absolute Gasteiger partial charge is 0.339 e. The number of ether oxygens (including phenoxy) is 1. The summed E-state index contributed by atoms with van der Waals surface area (Å²) in [4.78, 5) is 34.8. The first-order chi connectivity index (χ1) is 9.95. The summed E-state index contributed by atoms with van der Waals surface area (Å²) in [6.45, 7) is 3.38. The molecule has 0 saturated carbocycles. The van der Waals surface area contributed by atoms with Crippen LogP contribution >= 0.6 is 15.9 Å². The standard InChI is InChI=1S/C14H17BrN2O4/c1-3-16-13(19)9(2)17-12(18)8-21-14(20)10-6-4-5-7-11(10)15/h4-7,9H,3,8H2,1-2H3,(H,16,19)(H,17,18)/t9-/m0/s1. The maximum Gasteiger partial charge on any atom is 0.339 e. The van der Waals surface area contributed by atoms with Crippen molar-refractivity contribution in [2.45, 2.75) is 19.9 Å². The summed E-state index contributed by atoms with van der Waals surface area (Å²) in [7, 11) is 0. The lowest BCUT2D eigenvalue weighted by molar-refractivity contribution is -0.130. The summed E-state index contributed by atoms with van der Waals surface area (Å²) in [5.74, 6) is -1.43. The third-order valence-corrected chi connectivity index (χ3v) is 3.24. The van der Waals surface area contributed by atoms with E-state index in [0.29, 0.717) is 16.6 Å². The van der Waals surface area contributed by atoms with Gasteiger partial charge in [-0.3, -0.25) is 9.59 Å². The molecule has 0 fully saturated rings. The Bertz CT molecular complexity index is 533. The highest BCUT2D eigenvalue weighted by molar-refractivity contribution is 9.10. The lowest BCUT2D eigenvalue weighted by Crippen LogP contribution is -2.46. The molecule has 7 heteroatoms. The molecule has 0 heterocycles. The van der Waals surface area contributed by atoms with Gasteiger partial charge in [-0.1, -0.05) is 12.1 Å². The van der Waals surface area contributed by atoms with E-state index >= 15 is 0 Å². The van der Waals surface area contributed by atoms with Crippen molar-refractivity contribution in [3.05, 3.63) is 34.3 Å². The van der Waals surface area contributed by atoms with E-state index in [9.17, 15) is 14.4 Å². The summed E-state index contributed by atoms with van der Waals surface area (Å²) < 4.78 is 5.49. The summed E-state index contributed by atoms with van der Waals surface area (Å²) >= 11 is 3.23. The van der Waals surface area contributed by atoms with Gasteiger partial charge in [-0.05, 0) is 41.9 Å². The Morgan fingerprint density at radius 1 is 1.29 bits per heavy atom. The van der Waals surface area contributed by atoms with Gasteiger partial charge in [0, 0.05) is 11.0 Å². The molecule has 0 bridgehead atoms. The zero-order valence-corrected chi connectivity index (χ0v) is 13.4. The fraction of sp³-hybridized carbons (Fsp3) is 0.357. The third-order valence-electron chi connectivity index (χ3n) is 2.55. The molecule has 0 saturated heterocycles. The zero-order valence-electron chi connectivity index (χ0n) is 11.8. The molecule has 1 rings (SSSR count). The van der Waals surface area contributed by atoms with Crippen molar-refractivity contribution in [1.29, 1.82) is 0 Å². The molecule has 0 spiro atoms. The van der Waals surface area contributed by atoms with E-state index in [1.165, 1.54) is 0 Å². The SMILES string of the molecule is CCNC(=O)[C@H](C)NC(=O)COC(=O)c1ccccc1Br. The van der Waals surface area contributed by atoms with E-state index in [1.54, 1.807) is 38.1 Å². The van der Waals surface area contributed by atoms with Crippen LogP contribution in [-0.4, -0.2) is 37.0 Å². The van der Waals surface area contributed by atoms with Crippen LogP contribution in [0.2, 0.25) is 0 Å². The zero-order chi connectivity index (χ0) is 15.8. The number of carbonyl (C=O) groups is 3. The number of esters is 1. The lowest BCUT2D eigenvalue weighted by Gasteiger charge is -2.13. The molecule has 1 aromatic rings. The molecule has 0 aliphatic rings. The van der Waals surface area contributed by atoms with Crippen LogP contribution in [0, 0.1) is 0 Å². The number of halogens is 1. The highest BCUT2D eigenvalue weighted by Crippen LogP contribution is 2.16. The molecule has 0 aliphatic heterocycles. The van der Waals surface area contributed by atoms with Crippen LogP contribution in [-0.2, 0) is 14.3 Å². The summed E-state index contributed by atoms with van der Waals surface area (Å²) in [5, 5.41) is 5.03. The highest BCUT2D eigenvalue weighted by atomic mass is 79.9. The van der Waals surface area contributed by atoms with Crippen molar-refractivity contribution >= 4 is 33.7 Å². The van der Waals surface area contributed by atoms with Crippen LogP contribution in [0.5, 0.6) is 0 Å². The van der Waals surface area contributed by atoms with Gasteiger partial charge >= 0.3 is 5.97 Å². The van der Waals surface area contributed by atoms with E-state index in [4.69, 9.17) is 4.74 Å². The summed E-state index contributed by atoms with van der Waals surface area (Å²) in [6, 6.07) is 6.06. The minimum absolute atomic E-state index is 0.289. The molecule has 2 amide bonds. The predicted octanol–water partition coefficient (Wildman–Crippen LogP) is 1.25. The van der Waals surface area contributed by atoms with E-state index < -0.39 is 24.5 Å². The first-order valence-corrected chi connectivity index (χ1v) is 7.23. The number of rotatable bonds is 6. The molecular formula is C14H17BrN2O4. The van der Waals surface area contributed by atoms with Gasteiger partial charge in [0.25, 0.3) is 5.91 Å². The molecular weight excluding hydrogens is 340 g/mol. The maximum atomic E-state index is 11.8. The fourth-order valence-electron chi connectivity index (χ4n) is 1.51. The second kappa shape index (κ2) is 8.41. The number of hydrogen-bond donors (Lipinski definition) is 2. The van der Waals surface area contributed by atoms with Gasteiger partial charge in [-0.25, -0.2) is 4.79 Å². The van der Waals surface area contributed by atoms with Crippen LogP contribution in [0.15, 0.2) is 28.7 Å². The third kappa shape index (κ3) is 5.55. The van der Waals surface area contributed by atoms with Gasteiger partial charge in [0.1, 0.15) is 6.04 Å². The Hall–Kier alpha value is -1.89. The largest absolute Gasteiger partial charge is 0.452 e. The normalized spacial score (nSPS) is 11.4. The number of carbonyl (C=O) groups excluding carboxylic acids is 3. The summed E-state index contributed by atoms with van der Waals surface area (Å²) in [5.41, 5.74) is 0.335. The number of nitrogens with one attached hydrogen (secondary N) is 2. The van der Waals surface area contributed by atoms with E-state index in [-0.39, 0.29) is 5.91 Å². The van der Waals surface area contributed by atoms with Crippen molar-refractivity contribution in [3.63, 3.8) is 0 Å². The second-order valence-corrected chi connectivity index (χ2v) is 5.09. The Morgan fingerprint density at radius 3 is 2.57 bits per heavy atom. The Labute approximate surface area is 131 Å². The van der Waals surface area contributed by atoms with Crippen LogP contribution in [0.1, 0.15) is 24.2 Å². The molecule has 1 atom stereocenters. The Kier molecular flexibility index (Phi) is 6.87. The van der Waals surface area contributed by atoms with Crippen molar-refractivity contribution in [2.75, 3.05) is 13.2 Å². The van der Waals surface area contributed by atoms with Crippen LogP contribution in [0.4, 0.5) is 0 Å². The molecule has 0 aliphatic carbocycles. The van der Waals surface area contributed by atoms with Crippen molar-refractivity contribution in [3.8, 4) is 0 Å². The van der Waals surface area contributed by atoms with Gasteiger partial charge in [0.2, 0.25) is 5.91 Å². The molecule has 0 aromatic heterocycles. The van der Waals surface area contributed by atoms with Gasteiger partial charge in [-0.2, -0.15) is 0 Å². The molecule has 21 heavy (non-hydrogen) atoms. The Balaban J connectivity index is 2.45. The number of hydrogen-bond acceptors (Lipinski definition) is 4. The van der Waals surface area contributed by atoms with Crippen molar-refractivity contribution < 1.29 is 19.1 Å². The minimum Gasteiger partial charge on any atom is -0.452 e. The molecule has 114 valence electrons. The topological polar surface area (TPSA) is 84.5 Å². The van der Waals surface area contributed by atoms with E-state index in [2.05, 4.69) is 26.6 Å². The fourth-order valence-corrected chi connectivity index (χ4v) is 1.96. The number of benzene rings is 1. The summed E-state index contributed by atoms with van der Waals surface area (Å²) in [6.07, 6.45) is 0. The number of likely N-dealkylation sites (N-methyl/N-ethyl adjacent to an activating group) is 1. The molecule has 1 aromatic carbocycles. The number of amides is 2. The van der Waals surface area contributed by atoms with Gasteiger partial charge in [0.15, 0.2) is 6.61 Å². The van der Waals surface area contributed by atoms with Crippen LogP contribution in [0.25, 0.3) is 0 Å².